The van der Waals surface area contributed by atoms with Gasteiger partial charge in [-0.05, 0) is 13.8 Å². The molecule has 0 atom stereocenters. The first kappa shape index (κ1) is 9.54. The molecule has 2 rings (SSSR count). The normalized spacial score (nSPS) is 23.4. The van der Waals surface area contributed by atoms with Gasteiger partial charge in [-0.25, -0.2) is 18.4 Å². The molecule has 0 bridgehead atoms. The number of aromatic nitrogens is 2. The van der Waals surface area contributed by atoms with Crippen molar-refractivity contribution >= 4 is 10.0 Å². The van der Waals surface area contributed by atoms with Crippen LogP contribution >= 0.6 is 0 Å². The van der Waals surface area contributed by atoms with Crippen LogP contribution < -0.4 is 0 Å². The minimum Gasteiger partial charge on any atom is -0.243 e. The van der Waals surface area contributed by atoms with Crippen molar-refractivity contribution < 1.29 is 8.42 Å². The third-order valence-electron chi connectivity index (χ3n) is 2.68. The fraction of sp³-hybridized carbons (Fsp3) is 0.500. The van der Waals surface area contributed by atoms with E-state index < -0.39 is 15.6 Å². The number of rotatable bonds is 0. The molecule has 0 N–H and O–H groups in total. The van der Waals surface area contributed by atoms with Gasteiger partial charge in [0.15, 0.2) is 0 Å². The lowest BCUT2D eigenvalue weighted by atomic mass is 10.0. The van der Waals surface area contributed by atoms with E-state index >= 15 is 0 Å². The predicted molar refractivity (Wildman–Crippen MR) is 50.0 cm³/mol. The van der Waals surface area contributed by atoms with Crippen LogP contribution in [0, 0.1) is 0 Å². The van der Waals surface area contributed by atoms with E-state index in [4.69, 9.17) is 0 Å². The van der Waals surface area contributed by atoms with Gasteiger partial charge >= 0.3 is 0 Å². The SMILES string of the molecule is CN1C(C)(C)c2ncncc2S1(=O)=O. The van der Waals surface area contributed by atoms with E-state index in [-0.39, 0.29) is 4.90 Å². The van der Waals surface area contributed by atoms with E-state index in [0.29, 0.717) is 5.69 Å². The summed E-state index contributed by atoms with van der Waals surface area (Å²) < 4.78 is 25.0. The average molecular weight is 213 g/mol. The van der Waals surface area contributed by atoms with Gasteiger partial charge in [-0.2, -0.15) is 4.31 Å². The lowest BCUT2D eigenvalue weighted by Crippen LogP contribution is -2.35. The van der Waals surface area contributed by atoms with Crippen LogP contribution in [-0.2, 0) is 15.6 Å². The van der Waals surface area contributed by atoms with Crippen LogP contribution in [-0.4, -0.2) is 29.7 Å². The molecule has 76 valence electrons. The maximum Gasteiger partial charge on any atom is 0.247 e. The Labute approximate surface area is 82.8 Å². The van der Waals surface area contributed by atoms with Crippen molar-refractivity contribution in [2.45, 2.75) is 24.3 Å². The lowest BCUT2D eigenvalue weighted by molar-refractivity contribution is 0.279. The molecule has 0 saturated heterocycles. The minimum absolute atomic E-state index is 0.215. The quantitative estimate of drug-likeness (QED) is 0.623. The van der Waals surface area contributed by atoms with E-state index in [1.54, 1.807) is 7.05 Å². The highest BCUT2D eigenvalue weighted by atomic mass is 32.2. The third-order valence-corrected chi connectivity index (χ3v) is 4.72. The van der Waals surface area contributed by atoms with Crippen LogP contribution in [0.4, 0.5) is 0 Å². The summed E-state index contributed by atoms with van der Waals surface area (Å²) in [5, 5.41) is 0. The molecule has 0 aliphatic carbocycles. The van der Waals surface area contributed by atoms with E-state index in [9.17, 15) is 8.42 Å². The molecule has 0 unspecified atom stereocenters. The molecular weight excluding hydrogens is 202 g/mol. The fourth-order valence-corrected chi connectivity index (χ4v) is 3.29. The van der Waals surface area contributed by atoms with Gasteiger partial charge in [0.2, 0.25) is 10.0 Å². The maximum atomic E-state index is 11.8. The van der Waals surface area contributed by atoms with Crippen molar-refractivity contribution in [3.8, 4) is 0 Å². The zero-order valence-corrected chi connectivity index (χ0v) is 9.04. The summed E-state index contributed by atoms with van der Waals surface area (Å²) in [5.41, 5.74) is -0.0214. The van der Waals surface area contributed by atoms with Crippen molar-refractivity contribution in [3.63, 3.8) is 0 Å². The summed E-state index contributed by atoms with van der Waals surface area (Å²) in [6, 6.07) is 0. The topological polar surface area (TPSA) is 63.2 Å². The third kappa shape index (κ3) is 0.949. The number of nitrogens with zero attached hydrogens (tertiary/aromatic N) is 3. The van der Waals surface area contributed by atoms with Gasteiger partial charge < -0.3 is 0 Å². The van der Waals surface area contributed by atoms with Gasteiger partial charge in [0.25, 0.3) is 0 Å². The minimum atomic E-state index is -3.38. The maximum absolute atomic E-state index is 11.8. The highest BCUT2D eigenvalue weighted by Gasteiger charge is 2.47. The van der Waals surface area contributed by atoms with Gasteiger partial charge in [-0.1, -0.05) is 0 Å². The molecule has 0 spiro atoms. The molecule has 5 nitrogen and oxygen atoms in total. The Balaban J connectivity index is 2.83. The Morgan fingerprint density at radius 3 is 2.64 bits per heavy atom. The molecule has 1 aromatic heterocycles. The number of hydrogen-bond acceptors (Lipinski definition) is 4. The highest BCUT2D eigenvalue weighted by Crippen LogP contribution is 2.40. The van der Waals surface area contributed by atoms with Crippen molar-refractivity contribution in [2.24, 2.45) is 0 Å². The van der Waals surface area contributed by atoms with Crippen molar-refractivity contribution in [1.29, 1.82) is 0 Å². The Morgan fingerprint density at radius 2 is 2.07 bits per heavy atom. The second-order valence-electron chi connectivity index (χ2n) is 3.77. The average Bonchev–Trinajstić information content (AvgIpc) is 2.28. The van der Waals surface area contributed by atoms with Gasteiger partial charge in [-0.3, -0.25) is 0 Å². The zero-order valence-electron chi connectivity index (χ0n) is 8.22. The van der Waals surface area contributed by atoms with Crippen LogP contribution in [0.5, 0.6) is 0 Å². The van der Waals surface area contributed by atoms with E-state index in [0.717, 1.165) is 0 Å². The first-order valence-corrected chi connectivity index (χ1v) is 5.62. The molecule has 0 radical (unpaired) electrons. The molecule has 0 amide bonds. The predicted octanol–water partition coefficient (Wildman–Crippen LogP) is 0.346. The molecule has 6 heteroatoms. The summed E-state index contributed by atoms with van der Waals surface area (Å²) in [6.07, 6.45) is 2.72. The number of fused-ring (bicyclic) bond motifs is 1. The second kappa shape index (κ2) is 2.52. The summed E-state index contributed by atoms with van der Waals surface area (Å²) in [7, 11) is -1.83. The molecule has 0 aromatic carbocycles. The Bertz CT molecular complexity index is 481. The van der Waals surface area contributed by atoms with E-state index in [1.165, 1.54) is 16.8 Å². The van der Waals surface area contributed by atoms with Crippen LogP contribution in [0.3, 0.4) is 0 Å². The summed E-state index contributed by atoms with van der Waals surface area (Å²) >= 11 is 0. The monoisotopic (exact) mass is 213 g/mol. The molecule has 0 saturated carbocycles. The van der Waals surface area contributed by atoms with Gasteiger partial charge in [-0.15, -0.1) is 0 Å². The molecule has 1 aromatic rings. The fourth-order valence-electron chi connectivity index (χ4n) is 1.56. The van der Waals surface area contributed by atoms with Crippen LogP contribution in [0.15, 0.2) is 17.4 Å². The van der Waals surface area contributed by atoms with Gasteiger partial charge in [0, 0.05) is 7.05 Å². The molecule has 14 heavy (non-hydrogen) atoms. The second-order valence-corrected chi connectivity index (χ2v) is 5.70. The molecule has 0 fully saturated rings. The van der Waals surface area contributed by atoms with Crippen molar-refractivity contribution in [1.82, 2.24) is 14.3 Å². The Hall–Kier alpha value is -1.01. The van der Waals surface area contributed by atoms with Crippen LogP contribution in [0.2, 0.25) is 0 Å². The largest absolute Gasteiger partial charge is 0.247 e. The van der Waals surface area contributed by atoms with Crippen molar-refractivity contribution in [2.75, 3.05) is 7.05 Å². The first-order valence-electron chi connectivity index (χ1n) is 4.18. The molecule has 1 aliphatic rings. The summed E-state index contributed by atoms with van der Waals surface area (Å²) in [6.45, 7) is 3.65. The summed E-state index contributed by atoms with van der Waals surface area (Å²) in [4.78, 5) is 7.98. The van der Waals surface area contributed by atoms with Crippen molar-refractivity contribution in [3.05, 3.63) is 18.2 Å². The standard InChI is InChI=1S/C8H11N3O2S/c1-8(2)7-6(4-9-5-10-7)14(12,13)11(8)3/h4-5H,1-3H3. The lowest BCUT2D eigenvalue weighted by Gasteiger charge is -2.25. The van der Waals surface area contributed by atoms with Crippen LogP contribution in [0.25, 0.3) is 0 Å². The smallest absolute Gasteiger partial charge is 0.243 e. The summed E-state index contributed by atoms with van der Waals surface area (Å²) in [5.74, 6) is 0. The van der Waals surface area contributed by atoms with Gasteiger partial charge in [0.05, 0.1) is 17.4 Å². The molecular formula is C8H11N3O2S. The number of sulfonamides is 1. The van der Waals surface area contributed by atoms with Crippen LogP contribution in [0.1, 0.15) is 19.5 Å². The first-order chi connectivity index (χ1) is 6.38. The molecule has 2 heterocycles. The van der Waals surface area contributed by atoms with E-state index in [2.05, 4.69) is 9.97 Å². The Kier molecular flexibility index (Phi) is 1.71. The highest BCUT2D eigenvalue weighted by molar-refractivity contribution is 7.89. The molecule has 1 aliphatic heterocycles. The number of hydrogen-bond donors (Lipinski definition) is 0. The van der Waals surface area contributed by atoms with E-state index in [1.807, 2.05) is 13.8 Å². The Morgan fingerprint density at radius 1 is 1.43 bits per heavy atom. The zero-order chi connectivity index (χ0) is 10.6. The van der Waals surface area contributed by atoms with Gasteiger partial charge in [0.1, 0.15) is 11.2 Å².